The minimum absolute atomic E-state index is 0.00613. The molecule has 3 nitrogen and oxygen atoms in total. The molecule has 3 rings (SSSR count). The van der Waals surface area contributed by atoms with E-state index in [1.807, 2.05) is 0 Å². The average molecular weight is 269 g/mol. The van der Waals surface area contributed by atoms with Gasteiger partial charge in [-0.1, -0.05) is 6.42 Å². The van der Waals surface area contributed by atoms with E-state index in [0.717, 1.165) is 31.4 Å². The molecule has 1 fully saturated rings. The zero-order valence-electron chi connectivity index (χ0n) is 10.6. The second kappa shape index (κ2) is 5.33. The zero-order valence-corrected chi connectivity index (χ0v) is 10.6. The van der Waals surface area contributed by atoms with Gasteiger partial charge >= 0.3 is 0 Å². The lowest BCUT2D eigenvalue weighted by atomic mass is 9.94. The van der Waals surface area contributed by atoms with Crippen molar-refractivity contribution in [1.82, 2.24) is 5.32 Å². The number of halogens is 2. The number of hydrogen-bond acceptors (Lipinski definition) is 3. The van der Waals surface area contributed by atoms with E-state index < -0.39 is 6.43 Å². The van der Waals surface area contributed by atoms with Crippen LogP contribution in [-0.2, 0) is 0 Å². The van der Waals surface area contributed by atoms with Crippen molar-refractivity contribution >= 4 is 0 Å². The third-order valence-electron chi connectivity index (χ3n) is 3.63. The van der Waals surface area contributed by atoms with E-state index in [2.05, 4.69) is 5.32 Å². The summed E-state index contributed by atoms with van der Waals surface area (Å²) in [7, 11) is 0. The molecule has 0 amide bonds. The van der Waals surface area contributed by atoms with Crippen LogP contribution in [0.1, 0.15) is 42.9 Å². The van der Waals surface area contributed by atoms with Crippen molar-refractivity contribution in [3.05, 3.63) is 23.3 Å². The summed E-state index contributed by atoms with van der Waals surface area (Å²) in [5.74, 6) is 1.08. The third kappa shape index (κ3) is 2.52. The van der Waals surface area contributed by atoms with Gasteiger partial charge in [0, 0.05) is 17.2 Å². The Labute approximate surface area is 110 Å². The van der Waals surface area contributed by atoms with Crippen LogP contribution < -0.4 is 14.8 Å². The van der Waals surface area contributed by atoms with Gasteiger partial charge in [-0.3, -0.25) is 0 Å². The van der Waals surface area contributed by atoms with Crippen LogP contribution in [0.3, 0.4) is 0 Å². The summed E-state index contributed by atoms with van der Waals surface area (Å²) in [5.41, 5.74) is 0.818. The number of nitrogens with one attached hydrogen (secondary N) is 1. The largest absolute Gasteiger partial charge is 0.486 e. The van der Waals surface area contributed by atoms with Crippen LogP contribution in [0, 0.1) is 0 Å². The van der Waals surface area contributed by atoms with E-state index in [0.29, 0.717) is 24.7 Å². The van der Waals surface area contributed by atoms with Gasteiger partial charge in [0.25, 0.3) is 6.43 Å². The summed E-state index contributed by atoms with van der Waals surface area (Å²) in [5, 5.41) is 3.37. The van der Waals surface area contributed by atoms with E-state index >= 15 is 0 Å². The maximum atomic E-state index is 13.0. The molecule has 0 bridgehead atoms. The van der Waals surface area contributed by atoms with Crippen LogP contribution in [0.4, 0.5) is 8.78 Å². The van der Waals surface area contributed by atoms with Crippen molar-refractivity contribution in [3.8, 4) is 11.5 Å². The molecule has 2 aliphatic rings. The fourth-order valence-electron chi connectivity index (χ4n) is 2.71. The number of alkyl halides is 2. The Balaban J connectivity index is 2.01. The lowest BCUT2D eigenvalue weighted by Crippen LogP contribution is -2.28. The van der Waals surface area contributed by atoms with Crippen LogP contribution >= 0.6 is 0 Å². The second-order valence-electron chi connectivity index (χ2n) is 4.94. The molecule has 1 unspecified atom stereocenters. The Morgan fingerprint density at radius 2 is 2.00 bits per heavy atom. The molecule has 2 heterocycles. The first-order chi connectivity index (χ1) is 9.25. The molecule has 1 saturated heterocycles. The molecule has 0 spiro atoms. The molecule has 104 valence electrons. The van der Waals surface area contributed by atoms with Gasteiger partial charge in [0.05, 0.1) is 0 Å². The lowest BCUT2D eigenvalue weighted by Gasteiger charge is -2.29. The third-order valence-corrected chi connectivity index (χ3v) is 3.63. The van der Waals surface area contributed by atoms with E-state index in [1.54, 1.807) is 6.07 Å². The number of fused-ring (bicyclic) bond motifs is 1. The Bertz CT molecular complexity index is 459. The number of hydrogen-bond donors (Lipinski definition) is 1. The molecular weight excluding hydrogens is 252 g/mol. The molecule has 0 aromatic heterocycles. The maximum absolute atomic E-state index is 13.0. The molecular formula is C14H17F2NO2. The maximum Gasteiger partial charge on any atom is 0.263 e. The summed E-state index contributed by atoms with van der Waals surface area (Å²) >= 11 is 0. The zero-order chi connectivity index (χ0) is 13.2. The monoisotopic (exact) mass is 269 g/mol. The Kier molecular flexibility index (Phi) is 3.55. The molecule has 1 N–H and O–H groups in total. The predicted molar refractivity (Wildman–Crippen MR) is 67.0 cm³/mol. The normalized spacial score (nSPS) is 22.6. The highest BCUT2D eigenvalue weighted by molar-refractivity contribution is 5.52. The molecule has 19 heavy (non-hydrogen) atoms. The van der Waals surface area contributed by atoms with Gasteiger partial charge in [0.2, 0.25) is 0 Å². The van der Waals surface area contributed by atoms with Crippen LogP contribution in [0.15, 0.2) is 12.1 Å². The highest BCUT2D eigenvalue weighted by atomic mass is 19.3. The average Bonchev–Trinajstić information content (AvgIpc) is 2.47. The topological polar surface area (TPSA) is 30.5 Å². The van der Waals surface area contributed by atoms with Crippen molar-refractivity contribution in [2.45, 2.75) is 31.7 Å². The molecule has 0 aliphatic carbocycles. The standard InChI is InChI=1S/C14H17F2NO2/c15-14(16)9-7-10(11-3-1-2-4-17-11)13-12(8-9)18-5-6-19-13/h7-8,11,14,17H,1-6H2. The fraction of sp³-hybridized carbons (Fsp3) is 0.571. The minimum Gasteiger partial charge on any atom is -0.486 e. The van der Waals surface area contributed by atoms with Gasteiger partial charge in [-0.15, -0.1) is 0 Å². The first-order valence-corrected chi connectivity index (χ1v) is 6.70. The minimum atomic E-state index is -2.49. The number of benzene rings is 1. The van der Waals surface area contributed by atoms with Crippen molar-refractivity contribution in [2.75, 3.05) is 19.8 Å². The van der Waals surface area contributed by atoms with Crippen molar-refractivity contribution in [2.24, 2.45) is 0 Å². The van der Waals surface area contributed by atoms with Gasteiger partial charge in [-0.25, -0.2) is 8.78 Å². The second-order valence-corrected chi connectivity index (χ2v) is 4.94. The van der Waals surface area contributed by atoms with Crippen molar-refractivity contribution in [1.29, 1.82) is 0 Å². The molecule has 1 aromatic carbocycles. The van der Waals surface area contributed by atoms with E-state index in [1.165, 1.54) is 6.07 Å². The van der Waals surface area contributed by atoms with E-state index in [4.69, 9.17) is 9.47 Å². The molecule has 2 aliphatic heterocycles. The summed E-state index contributed by atoms with van der Waals surface area (Å²) < 4.78 is 37.0. The molecule has 5 heteroatoms. The van der Waals surface area contributed by atoms with E-state index in [9.17, 15) is 8.78 Å². The lowest BCUT2D eigenvalue weighted by molar-refractivity contribution is 0.145. The van der Waals surface area contributed by atoms with Gasteiger partial charge in [0.15, 0.2) is 11.5 Å². The van der Waals surface area contributed by atoms with Gasteiger partial charge < -0.3 is 14.8 Å². The number of rotatable bonds is 2. The molecule has 1 aromatic rings. The first kappa shape index (κ1) is 12.7. The summed E-state index contributed by atoms with van der Waals surface area (Å²) in [6.07, 6.45) is 0.692. The van der Waals surface area contributed by atoms with Crippen LogP contribution in [0.25, 0.3) is 0 Å². The quantitative estimate of drug-likeness (QED) is 0.894. The van der Waals surface area contributed by atoms with Crippen LogP contribution in [-0.4, -0.2) is 19.8 Å². The molecule has 1 atom stereocenters. The SMILES string of the molecule is FC(F)c1cc2c(c(C3CCCCN3)c1)OCCO2. The summed E-state index contributed by atoms with van der Waals surface area (Å²) in [4.78, 5) is 0. The number of ether oxygens (including phenoxy) is 2. The Hall–Kier alpha value is -1.36. The van der Waals surface area contributed by atoms with Crippen molar-refractivity contribution in [3.63, 3.8) is 0 Å². The van der Waals surface area contributed by atoms with Gasteiger partial charge in [0.1, 0.15) is 13.2 Å². The Morgan fingerprint density at radius 3 is 2.74 bits per heavy atom. The van der Waals surface area contributed by atoms with E-state index in [-0.39, 0.29) is 11.6 Å². The van der Waals surface area contributed by atoms with Gasteiger partial charge in [-0.05, 0) is 31.5 Å². The van der Waals surface area contributed by atoms with Gasteiger partial charge in [-0.2, -0.15) is 0 Å². The molecule has 0 saturated carbocycles. The highest BCUT2D eigenvalue weighted by Gasteiger charge is 2.26. The summed E-state index contributed by atoms with van der Waals surface area (Å²) in [6, 6.07) is 3.04. The van der Waals surface area contributed by atoms with Crippen LogP contribution in [0.2, 0.25) is 0 Å². The summed E-state index contributed by atoms with van der Waals surface area (Å²) in [6.45, 7) is 1.80. The van der Waals surface area contributed by atoms with Crippen LogP contribution in [0.5, 0.6) is 11.5 Å². The highest BCUT2D eigenvalue weighted by Crippen LogP contribution is 2.42. The first-order valence-electron chi connectivity index (χ1n) is 6.70. The van der Waals surface area contributed by atoms with Crippen molar-refractivity contribution < 1.29 is 18.3 Å². The fourth-order valence-corrected chi connectivity index (χ4v) is 2.71. The predicted octanol–water partition coefficient (Wildman–Crippen LogP) is 3.21. The molecule has 0 radical (unpaired) electrons. The Morgan fingerprint density at radius 1 is 1.16 bits per heavy atom. The smallest absolute Gasteiger partial charge is 0.263 e. The number of piperidine rings is 1.